The van der Waals surface area contributed by atoms with E-state index in [0.717, 1.165) is 63.3 Å². The third kappa shape index (κ3) is 4.69. The molecule has 6 nitrogen and oxygen atoms in total. The summed E-state index contributed by atoms with van der Waals surface area (Å²) in [7, 11) is 1.57. The number of hydrogen-bond acceptors (Lipinski definition) is 5. The van der Waals surface area contributed by atoms with Gasteiger partial charge in [0.1, 0.15) is 0 Å². The van der Waals surface area contributed by atoms with E-state index < -0.39 is 0 Å². The van der Waals surface area contributed by atoms with Gasteiger partial charge in [-0.15, -0.1) is 0 Å². The van der Waals surface area contributed by atoms with E-state index in [1.807, 2.05) is 28.5 Å². The van der Waals surface area contributed by atoms with Gasteiger partial charge in [-0.1, -0.05) is 12.1 Å². The third-order valence-corrected chi connectivity index (χ3v) is 8.43. The molecule has 0 N–H and O–H groups in total. The first kappa shape index (κ1) is 23.2. The van der Waals surface area contributed by atoms with E-state index in [0.29, 0.717) is 0 Å². The number of fused-ring (bicyclic) bond motifs is 1. The fourth-order valence-corrected chi connectivity index (χ4v) is 6.07. The van der Waals surface area contributed by atoms with E-state index >= 15 is 0 Å². The molecule has 0 amide bonds. The summed E-state index contributed by atoms with van der Waals surface area (Å²) in [6, 6.07) is 14.2. The number of hydrogen-bond donors (Lipinski definition) is 0. The summed E-state index contributed by atoms with van der Waals surface area (Å²) < 4.78 is 10.5. The van der Waals surface area contributed by atoms with Gasteiger partial charge in [0.05, 0.1) is 31.1 Å². The lowest BCUT2D eigenvalue weighted by Crippen LogP contribution is -2.36. The van der Waals surface area contributed by atoms with Crippen molar-refractivity contribution in [2.45, 2.75) is 13.0 Å². The van der Waals surface area contributed by atoms with Crippen LogP contribution in [0.25, 0.3) is 22.2 Å². The molecule has 1 unspecified atom stereocenters. The molecule has 0 aliphatic carbocycles. The van der Waals surface area contributed by atoms with Crippen LogP contribution in [0.2, 0.25) is 0 Å². The Bertz CT molecular complexity index is 1360. The van der Waals surface area contributed by atoms with Crippen LogP contribution < -0.4 is 10.5 Å². The molecule has 170 valence electrons. The van der Waals surface area contributed by atoms with Crippen LogP contribution in [0.5, 0.6) is 0 Å². The fraction of sp³-hybridized carbons (Fsp3) is 0.250. The fourth-order valence-electron chi connectivity index (χ4n) is 4.25. The molecular weight excluding hydrogens is 662 g/mol. The minimum absolute atomic E-state index is 0.0146. The third-order valence-electron chi connectivity index (χ3n) is 6.06. The highest BCUT2D eigenvalue weighted by molar-refractivity contribution is 14.2. The molecule has 0 bridgehead atoms. The molecule has 5 rings (SSSR count). The van der Waals surface area contributed by atoms with Crippen LogP contribution in [0.4, 0.5) is 5.69 Å². The van der Waals surface area contributed by atoms with Crippen LogP contribution in [0.15, 0.2) is 65.8 Å². The minimum atomic E-state index is -0.0397. The molecule has 1 atom stereocenters. The first-order valence-corrected chi connectivity index (χ1v) is 15.1. The molecule has 4 heterocycles. The molecule has 0 saturated carbocycles. The molecule has 1 aliphatic rings. The van der Waals surface area contributed by atoms with Crippen molar-refractivity contribution in [3.63, 3.8) is 0 Å². The Morgan fingerprint density at radius 3 is 2.70 bits per heavy atom. The topological polar surface area (TPSA) is 52.3 Å². The predicted molar refractivity (Wildman–Crippen MR) is 152 cm³/mol. The largest absolute Gasteiger partial charge is 0.378 e. The highest BCUT2D eigenvalue weighted by Crippen LogP contribution is 2.35. The number of nitrogens with zero attached hydrogens (tertiary/aromatic N) is 4. The van der Waals surface area contributed by atoms with Crippen molar-refractivity contribution in [3.05, 3.63) is 80.5 Å². The molecule has 1 saturated heterocycles. The van der Waals surface area contributed by atoms with Gasteiger partial charge < -0.3 is 14.2 Å². The van der Waals surface area contributed by atoms with Gasteiger partial charge >= 0.3 is 0 Å². The molecule has 1 aromatic carbocycles. The van der Waals surface area contributed by atoms with Gasteiger partial charge in [0.25, 0.3) is 5.56 Å². The van der Waals surface area contributed by atoms with Gasteiger partial charge in [0.2, 0.25) is 0 Å². The average molecular weight is 684 g/mol. The molecule has 3 aromatic heterocycles. The van der Waals surface area contributed by atoms with Crippen molar-refractivity contribution in [1.82, 2.24) is 13.5 Å². The first-order valence-electron chi connectivity index (χ1n) is 10.7. The van der Waals surface area contributed by atoms with E-state index in [4.69, 9.17) is 9.72 Å². The maximum absolute atomic E-state index is 13.1. The van der Waals surface area contributed by atoms with Crippen molar-refractivity contribution in [1.29, 1.82) is 0 Å². The zero-order valence-corrected chi connectivity index (χ0v) is 23.1. The molecule has 1 aliphatic heterocycles. The highest BCUT2D eigenvalue weighted by Gasteiger charge is 2.18. The number of rotatable bonds is 5. The number of halogens is 2. The molecule has 0 spiro atoms. The summed E-state index contributed by atoms with van der Waals surface area (Å²) >= 11 is 4.57. The molecule has 0 radical (unpaired) electrons. The summed E-state index contributed by atoms with van der Waals surface area (Å²) in [6.07, 6.45) is 5.91. The molecule has 9 heteroatoms. The summed E-state index contributed by atoms with van der Waals surface area (Å²) in [4.78, 5) is 20.2. The first-order chi connectivity index (χ1) is 16.0. The van der Waals surface area contributed by atoms with Crippen LogP contribution in [0, 0.1) is 3.57 Å². The SMILES string of the molecule is CC(c1cccc(I)c1)n1ccc(-c2cn(SI)c3ncc(N4CCOCC4)cc23)cc1=O. The second-order valence-electron chi connectivity index (χ2n) is 7.99. The highest BCUT2D eigenvalue weighted by atomic mass is 127. The molecular formula is C24H22I2N4O2S. The Morgan fingerprint density at radius 2 is 1.97 bits per heavy atom. The van der Waals surface area contributed by atoms with Gasteiger partial charge in [0.15, 0.2) is 5.65 Å². The Hall–Kier alpha value is -1.57. The van der Waals surface area contributed by atoms with E-state index in [-0.39, 0.29) is 11.6 Å². The average Bonchev–Trinajstić information content (AvgIpc) is 3.22. The second kappa shape index (κ2) is 9.96. The maximum atomic E-state index is 13.1. The quantitative estimate of drug-likeness (QED) is 0.251. The van der Waals surface area contributed by atoms with Gasteiger partial charge in [-0.3, -0.25) is 8.77 Å². The van der Waals surface area contributed by atoms with E-state index in [1.165, 1.54) is 0 Å². The number of pyridine rings is 2. The lowest BCUT2D eigenvalue weighted by molar-refractivity contribution is 0.122. The van der Waals surface area contributed by atoms with Crippen molar-refractivity contribution in [2.75, 3.05) is 31.2 Å². The lowest BCUT2D eigenvalue weighted by atomic mass is 10.1. The zero-order chi connectivity index (χ0) is 22.9. The predicted octanol–water partition coefficient (Wildman–Crippen LogP) is 5.76. The molecule has 1 fully saturated rings. The standard InChI is InChI=1S/C24H22I2N4O2S/c1-16(17-3-2-4-19(25)11-17)29-6-5-18(12-23(29)31)22-15-30(33-26)24-21(22)13-20(14-27-24)28-7-9-32-10-8-28/h2-6,11-16H,7-10H2,1H3. The number of morpholine rings is 1. The molecule has 33 heavy (non-hydrogen) atoms. The maximum Gasteiger partial charge on any atom is 0.251 e. The van der Waals surface area contributed by atoms with Crippen LogP contribution in [-0.2, 0) is 4.74 Å². The van der Waals surface area contributed by atoms with Crippen molar-refractivity contribution >= 4 is 69.6 Å². The Kier molecular flexibility index (Phi) is 7.00. The minimum Gasteiger partial charge on any atom is -0.378 e. The Labute approximate surface area is 222 Å². The zero-order valence-electron chi connectivity index (χ0n) is 17.9. The van der Waals surface area contributed by atoms with Crippen LogP contribution in [-0.4, -0.2) is 39.8 Å². The van der Waals surface area contributed by atoms with Crippen LogP contribution >= 0.6 is 52.9 Å². The summed E-state index contributed by atoms with van der Waals surface area (Å²) in [5.74, 6) is 0. The van der Waals surface area contributed by atoms with E-state index in [2.05, 4.69) is 86.1 Å². The van der Waals surface area contributed by atoms with Gasteiger partial charge in [-0.25, -0.2) is 4.98 Å². The van der Waals surface area contributed by atoms with E-state index in [9.17, 15) is 4.79 Å². The number of aromatic nitrogens is 3. The van der Waals surface area contributed by atoms with E-state index in [1.54, 1.807) is 19.8 Å². The van der Waals surface area contributed by atoms with Crippen molar-refractivity contribution in [3.8, 4) is 11.1 Å². The van der Waals surface area contributed by atoms with Gasteiger partial charge in [-0.05, 0) is 64.9 Å². The van der Waals surface area contributed by atoms with Crippen molar-refractivity contribution in [2.24, 2.45) is 0 Å². The van der Waals surface area contributed by atoms with Gasteiger partial charge in [0, 0.05) is 76.4 Å². The summed E-state index contributed by atoms with van der Waals surface area (Å²) in [5, 5.41) is 1.05. The smallest absolute Gasteiger partial charge is 0.251 e. The van der Waals surface area contributed by atoms with Crippen molar-refractivity contribution < 1.29 is 4.74 Å². The second-order valence-corrected chi connectivity index (χ2v) is 11.0. The van der Waals surface area contributed by atoms with Crippen LogP contribution in [0.1, 0.15) is 18.5 Å². The summed E-state index contributed by atoms with van der Waals surface area (Å²) in [5.41, 5.74) is 5.01. The Balaban J connectivity index is 1.55. The summed E-state index contributed by atoms with van der Waals surface area (Å²) in [6.45, 7) is 5.23. The number of anilines is 1. The normalized spacial score (nSPS) is 15.2. The molecule has 4 aromatic rings. The Morgan fingerprint density at radius 1 is 1.15 bits per heavy atom. The monoisotopic (exact) mass is 684 g/mol. The van der Waals surface area contributed by atoms with Crippen LogP contribution in [0.3, 0.4) is 0 Å². The van der Waals surface area contributed by atoms with Gasteiger partial charge in [-0.2, -0.15) is 0 Å². The number of ether oxygens (including phenoxy) is 1. The number of benzene rings is 1. The lowest BCUT2D eigenvalue weighted by Gasteiger charge is -2.28.